The molecule has 8 nitrogen and oxygen atoms in total. The molecule has 0 saturated heterocycles. The van der Waals surface area contributed by atoms with Crippen LogP contribution in [-0.2, 0) is 26.2 Å². The van der Waals surface area contributed by atoms with Gasteiger partial charge in [-0.25, -0.2) is 8.42 Å². The topological polar surface area (TPSA) is 96.0 Å². The van der Waals surface area contributed by atoms with Gasteiger partial charge in [-0.15, -0.1) is 0 Å². The van der Waals surface area contributed by atoms with E-state index in [-0.39, 0.29) is 23.3 Å². The van der Waals surface area contributed by atoms with Gasteiger partial charge in [-0.1, -0.05) is 66.5 Å². The predicted octanol–water partition coefficient (Wildman–Crippen LogP) is 5.54. The number of aryl methyl sites for hydroxylation is 1. The molecule has 3 aromatic rings. The number of benzene rings is 3. The average Bonchev–Trinajstić information content (AvgIpc) is 2.95. The summed E-state index contributed by atoms with van der Waals surface area (Å²) >= 11 is 3.39. The van der Waals surface area contributed by atoms with Crippen LogP contribution in [0.3, 0.4) is 0 Å². The molecule has 0 heterocycles. The lowest BCUT2D eigenvalue weighted by atomic mass is 10.1. The first-order chi connectivity index (χ1) is 19.5. The average molecular weight is 645 g/mol. The van der Waals surface area contributed by atoms with Gasteiger partial charge in [-0.3, -0.25) is 13.9 Å². The molecule has 3 aromatic carbocycles. The van der Waals surface area contributed by atoms with Gasteiger partial charge in [0.1, 0.15) is 18.3 Å². The minimum absolute atomic E-state index is 0.0693. The van der Waals surface area contributed by atoms with Crippen LogP contribution in [-0.4, -0.2) is 51.4 Å². The fraction of sp³-hybridized carbons (Fsp3) is 0.355. The maximum absolute atomic E-state index is 14.1. The molecule has 1 N–H and O–H groups in total. The number of rotatable bonds is 13. The van der Waals surface area contributed by atoms with E-state index < -0.39 is 28.5 Å². The van der Waals surface area contributed by atoms with Crippen molar-refractivity contribution in [2.45, 2.75) is 51.6 Å². The minimum atomic E-state index is -4.12. The molecule has 0 aliphatic rings. The van der Waals surface area contributed by atoms with E-state index in [1.165, 1.54) is 17.0 Å². The molecule has 41 heavy (non-hydrogen) atoms. The van der Waals surface area contributed by atoms with Crippen LogP contribution in [0.4, 0.5) is 5.69 Å². The van der Waals surface area contributed by atoms with Crippen LogP contribution in [0.15, 0.2) is 82.2 Å². The van der Waals surface area contributed by atoms with Gasteiger partial charge in [0.15, 0.2) is 0 Å². The second-order valence-corrected chi connectivity index (χ2v) is 13.0. The largest absolute Gasteiger partial charge is 0.497 e. The fourth-order valence-corrected chi connectivity index (χ4v) is 5.96. The Morgan fingerprint density at radius 3 is 2.24 bits per heavy atom. The van der Waals surface area contributed by atoms with Crippen LogP contribution in [0.5, 0.6) is 5.75 Å². The highest BCUT2D eigenvalue weighted by Crippen LogP contribution is 2.27. The molecule has 0 radical (unpaired) electrons. The number of ether oxygens (including phenoxy) is 1. The molecule has 1 unspecified atom stereocenters. The van der Waals surface area contributed by atoms with Crippen LogP contribution >= 0.6 is 15.9 Å². The van der Waals surface area contributed by atoms with Gasteiger partial charge in [0.05, 0.1) is 17.7 Å². The van der Waals surface area contributed by atoms with Crippen LogP contribution < -0.4 is 14.4 Å². The number of carbonyl (C=O) groups is 2. The molecule has 2 amide bonds. The third kappa shape index (κ3) is 8.56. The van der Waals surface area contributed by atoms with Gasteiger partial charge < -0.3 is 15.0 Å². The first kappa shape index (κ1) is 32.1. The summed E-state index contributed by atoms with van der Waals surface area (Å²) in [5.41, 5.74) is 2.00. The lowest BCUT2D eigenvalue weighted by Crippen LogP contribution is -2.52. The Kier molecular flexibility index (Phi) is 11.4. The molecule has 0 fully saturated rings. The number of carbonyl (C=O) groups excluding carboxylic acids is 2. The Balaban J connectivity index is 2.05. The van der Waals surface area contributed by atoms with Gasteiger partial charge in [0.25, 0.3) is 10.0 Å². The summed E-state index contributed by atoms with van der Waals surface area (Å²) in [7, 11) is -2.56. The van der Waals surface area contributed by atoms with E-state index in [4.69, 9.17) is 4.74 Å². The molecule has 0 aromatic heterocycles. The first-order valence-electron chi connectivity index (χ1n) is 13.5. The third-order valence-electron chi connectivity index (χ3n) is 6.56. The van der Waals surface area contributed by atoms with Crippen molar-refractivity contribution in [3.8, 4) is 5.75 Å². The predicted molar refractivity (Wildman–Crippen MR) is 165 cm³/mol. The molecule has 0 bridgehead atoms. The number of amides is 2. The van der Waals surface area contributed by atoms with E-state index in [9.17, 15) is 18.0 Å². The van der Waals surface area contributed by atoms with Crippen molar-refractivity contribution >= 4 is 43.5 Å². The Bertz CT molecular complexity index is 1430. The van der Waals surface area contributed by atoms with Gasteiger partial charge >= 0.3 is 0 Å². The minimum Gasteiger partial charge on any atom is -0.497 e. The second-order valence-electron chi connectivity index (χ2n) is 10.2. The number of hydrogen-bond donors (Lipinski definition) is 1. The lowest BCUT2D eigenvalue weighted by Gasteiger charge is -2.33. The SMILES string of the molecule is CCC(C(=O)NCC(C)C)N(Cc1cccc(OC)c1)C(=O)CN(c1ccc(Br)cc1)S(=O)(=O)c1ccc(C)cc1. The van der Waals surface area contributed by atoms with E-state index in [2.05, 4.69) is 21.2 Å². The van der Waals surface area contributed by atoms with E-state index in [1.54, 1.807) is 55.6 Å². The Hall–Kier alpha value is -3.37. The molecule has 3 rings (SSSR count). The zero-order valence-corrected chi connectivity index (χ0v) is 26.5. The summed E-state index contributed by atoms with van der Waals surface area (Å²) in [5.74, 6) is 0.0594. The number of anilines is 1. The number of halogens is 1. The lowest BCUT2D eigenvalue weighted by molar-refractivity contribution is -0.140. The maximum Gasteiger partial charge on any atom is 0.264 e. The van der Waals surface area contributed by atoms with Crippen molar-refractivity contribution in [3.63, 3.8) is 0 Å². The summed E-state index contributed by atoms with van der Waals surface area (Å²) in [5, 5.41) is 2.93. The number of sulfonamides is 1. The summed E-state index contributed by atoms with van der Waals surface area (Å²) in [6, 6.07) is 19.7. The molecular formula is C31H38BrN3O5S. The molecule has 0 saturated carbocycles. The molecule has 0 aliphatic carbocycles. The van der Waals surface area contributed by atoms with Gasteiger partial charge in [0.2, 0.25) is 11.8 Å². The van der Waals surface area contributed by atoms with Gasteiger partial charge in [-0.05, 0) is 73.4 Å². The van der Waals surface area contributed by atoms with Crippen LogP contribution in [0.1, 0.15) is 38.3 Å². The summed E-state index contributed by atoms with van der Waals surface area (Å²) in [6.45, 7) is 7.76. The second kappa shape index (κ2) is 14.5. The summed E-state index contributed by atoms with van der Waals surface area (Å²) < 4.78 is 35.1. The number of nitrogens with one attached hydrogen (secondary N) is 1. The van der Waals surface area contributed by atoms with Crippen molar-refractivity contribution in [3.05, 3.63) is 88.4 Å². The molecule has 0 spiro atoms. The summed E-state index contributed by atoms with van der Waals surface area (Å²) in [4.78, 5) is 29.0. The fourth-order valence-electron chi connectivity index (χ4n) is 4.28. The zero-order chi connectivity index (χ0) is 30.2. The molecule has 220 valence electrons. The van der Waals surface area contributed by atoms with Crippen LogP contribution in [0, 0.1) is 12.8 Å². The highest BCUT2D eigenvalue weighted by atomic mass is 79.9. The van der Waals surface area contributed by atoms with E-state index in [0.29, 0.717) is 24.4 Å². The van der Waals surface area contributed by atoms with E-state index in [1.807, 2.05) is 39.8 Å². The van der Waals surface area contributed by atoms with Gasteiger partial charge in [0, 0.05) is 17.6 Å². The smallest absolute Gasteiger partial charge is 0.264 e. The maximum atomic E-state index is 14.1. The number of nitrogens with zero attached hydrogens (tertiary/aromatic N) is 2. The monoisotopic (exact) mass is 643 g/mol. The molecule has 10 heteroatoms. The highest BCUT2D eigenvalue weighted by Gasteiger charge is 2.33. The Labute approximate surface area is 251 Å². The van der Waals surface area contributed by atoms with Crippen molar-refractivity contribution < 1.29 is 22.7 Å². The molecule has 0 aliphatic heterocycles. The molecular weight excluding hydrogens is 606 g/mol. The standard InChI is InChI=1S/C31H38BrN3O5S/c1-6-29(31(37)33-19-22(2)3)34(20-24-8-7-9-27(18-24)40-5)30(36)21-35(26-14-12-25(32)13-15-26)41(38,39)28-16-10-23(4)11-17-28/h7-18,22,29H,6,19-21H2,1-5H3,(H,33,37). The Morgan fingerprint density at radius 2 is 1.66 bits per heavy atom. The third-order valence-corrected chi connectivity index (χ3v) is 8.88. The Morgan fingerprint density at radius 1 is 1.00 bits per heavy atom. The highest BCUT2D eigenvalue weighted by molar-refractivity contribution is 9.10. The first-order valence-corrected chi connectivity index (χ1v) is 15.7. The number of methoxy groups -OCH3 is 1. The van der Waals surface area contributed by atoms with Crippen molar-refractivity contribution in [1.82, 2.24) is 10.2 Å². The van der Waals surface area contributed by atoms with E-state index in [0.717, 1.165) is 19.9 Å². The number of hydrogen-bond acceptors (Lipinski definition) is 5. The van der Waals surface area contributed by atoms with Crippen LogP contribution in [0.2, 0.25) is 0 Å². The normalized spacial score (nSPS) is 12.1. The molecule has 1 atom stereocenters. The van der Waals surface area contributed by atoms with E-state index >= 15 is 0 Å². The van der Waals surface area contributed by atoms with Crippen LogP contribution in [0.25, 0.3) is 0 Å². The van der Waals surface area contributed by atoms with Crippen molar-refractivity contribution in [2.75, 3.05) is 24.5 Å². The quantitative estimate of drug-likeness (QED) is 0.264. The van der Waals surface area contributed by atoms with Crippen molar-refractivity contribution in [2.24, 2.45) is 5.92 Å². The zero-order valence-electron chi connectivity index (χ0n) is 24.1. The van der Waals surface area contributed by atoms with Crippen molar-refractivity contribution in [1.29, 1.82) is 0 Å². The van der Waals surface area contributed by atoms with Gasteiger partial charge in [-0.2, -0.15) is 0 Å². The summed E-state index contributed by atoms with van der Waals surface area (Å²) in [6.07, 6.45) is 0.350.